The minimum Gasteiger partial charge on any atom is -0.481 e. The number of nitrogens with one attached hydrogen (secondary N) is 2. The lowest BCUT2D eigenvalue weighted by atomic mass is 10.0. The summed E-state index contributed by atoms with van der Waals surface area (Å²) in [6.45, 7) is 0.694. The fourth-order valence-corrected chi connectivity index (χ4v) is 4.00. The molecule has 0 fully saturated rings. The smallest absolute Gasteiger partial charge is 0.296 e. The first-order valence-corrected chi connectivity index (χ1v) is 12.1. The number of anilines is 1. The molecule has 1 amide bonds. The standard InChI is InChI=1S/C28H22FN9O2/c1-37-16-22(15-34-37)20-11-23(28-21(12-30)14-35-38(28)17-20)19-4-5-25(33-13-19)31-7-8-32-26(39)6-3-18-9-24(29)36-27(10-18)40-2/h4-5,9-11,13-17H,7-8H2,1-2H3,(H,31,33)(H,32,39). The molecule has 5 heterocycles. The fraction of sp³-hybridized carbons (Fsp3) is 0.143. The topological polar surface area (TPSA) is 135 Å². The van der Waals surface area contributed by atoms with Crippen LogP contribution in [0.2, 0.25) is 0 Å². The van der Waals surface area contributed by atoms with E-state index in [4.69, 9.17) is 4.74 Å². The Labute approximate surface area is 228 Å². The molecule has 0 radical (unpaired) electrons. The van der Waals surface area contributed by atoms with E-state index in [2.05, 4.69) is 48.7 Å². The van der Waals surface area contributed by atoms with Gasteiger partial charge in [0.2, 0.25) is 11.8 Å². The number of hydrogen-bond donors (Lipinski definition) is 2. The zero-order chi connectivity index (χ0) is 28.1. The van der Waals surface area contributed by atoms with Crippen molar-refractivity contribution in [2.24, 2.45) is 7.05 Å². The summed E-state index contributed by atoms with van der Waals surface area (Å²) < 4.78 is 21.8. The molecule has 0 spiro atoms. The van der Waals surface area contributed by atoms with Crippen molar-refractivity contribution in [3.63, 3.8) is 0 Å². The van der Waals surface area contributed by atoms with Crippen molar-refractivity contribution in [1.29, 1.82) is 5.26 Å². The van der Waals surface area contributed by atoms with Gasteiger partial charge in [-0.15, -0.1) is 0 Å². The number of hydrogen-bond acceptors (Lipinski definition) is 8. The molecule has 12 heteroatoms. The Kier molecular flexibility index (Phi) is 7.33. The number of ether oxygens (including phenoxy) is 1. The molecular formula is C28H22FN9O2. The molecule has 0 unspecified atom stereocenters. The zero-order valence-electron chi connectivity index (χ0n) is 21.5. The molecule has 5 aromatic rings. The van der Waals surface area contributed by atoms with Crippen LogP contribution in [-0.2, 0) is 11.8 Å². The SMILES string of the molecule is COc1cc(C#CC(=O)NCCNc2ccc(-c3cc(-c4cnn(C)c4)cn4ncc(C#N)c34)cn2)cc(F)n1. The molecule has 0 bridgehead atoms. The maximum Gasteiger partial charge on any atom is 0.296 e. The summed E-state index contributed by atoms with van der Waals surface area (Å²) in [5.74, 6) is 4.44. The van der Waals surface area contributed by atoms with Gasteiger partial charge in [-0.05, 0) is 18.2 Å². The average Bonchev–Trinajstić information content (AvgIpc) is 3.59. The molecule has 40 heavy (non-hydrogen) atoms. The number of pyridine rings is 3. The lowest BCUT2D eigenvalue weighted by molar-refractivity contribution is -0.115. The number of methoxy groups -OCH3 is 1. The summed E-state index contributed by atoms with van der Waals surface area (Å²) in [6.07, 6.45) is 8.80. The van der Waals surface area contributed by atoms with E-state index in [-0.39, 0.29) is 11.4 Å². The van der Waals surface area contributed by atoms with Gasteiger partial charge in [-0.3, -0.25) is 9.48 Å². The first-order valence-electron chi connectivity index (χ1n) is 12.1. The molecule has 2 N–H and O–H groups in total. The van der Waals surface area contributed by atoms with Crippen LogP contribution in [0, 0.1) is 29.1 Å². The van der Waals surface area contributed by atoms with Crippen molar-refractivity contribution in [3.05, 3.63) is 78.4 Å². The molecule has 0 saturated heterocycles. The van der Waals surface area contributed by atoms with Gasteiger partial charge in [-0.2, -0.15) is 24.8 Å². The van der Waals surface area contributed by atoms with Crippen LogP contribution in [0.5, 0.6) is 5.88 Å². The van der Waals surface area contributed by atoms with Gasteiger partial charge in [-0.1, -0.05) is 5.92 Å². The maximum atomic E-state index is 13.5. The highest BCUT2D eigenvalue weighted by Crippen LogP contribution is 2.31. The molecule has 5 aromatic heterocycles. The van der Waals surface area contributed by atoms with Crippen LogP contribution in [0.3, 0.4) is 0 Å². The van der Waals surface area contributed by atoms with Crippen LogP contribution in [-0.4, -0.2) is 55.5 Å². The van der Waals surface area contributed by atoms with E-state index in [1.54, 1.807) is 27.8 Å². The third kappa shape index (κ3) is 5.71. The number of carbonyl (C=O) groups is 1. The first kappa shape index (κ1) is 25.9. The minimum atomic E-state index is -0.743. The number of aryl methyl sites for hydroxylation is 1. The van der Waals surface area contributed by atoms with E-state index in [1.807, 2.05) is 37.6 Å². The van der Waals surface area contributed by atoms with Gasteiger partial charge in [0.1, 0.15) is 11.9 Å². The van der Waals surface area contributed by atoms with Crippen LogP contribution in [0.4, 0.5) is 10.2 Å². The van der Waals surface area contributed by atoms with Crippen LogP contribution < -0.4 is 15.4 Å². The first-order chi connectivity index (χ1) is 19.4. The van der Waals surface area contributed by atoms with Crippen molar-refractivity contribution in [1.82, 2.24) is 34.7 Å². The number of aromatic nitrogens is 6. The van der Waals surface area contributed by atoms with Gasteiger partial charge in [0, 0.05) is 84.6 Å². The van der Waals surface area contributed by atoms with Crippen LogP contribution in [0.15, 0.2) is 61.3 Å². The summed E-state index contributed by atoms with van der Waals surface area (Å²) in [4.78, 5) is 20.1. The average molecular weight is 536 g/mol. The highest BCUT2D eigenvalue weighted by Gasteiger charge is 2.15. The molecule has 0 aliphatic rings. The lowest BCUT2D eigenvalue weighted by Crippen LogP contribution is -2.27. The van der Waals surface area contributed by atoms with Crippen LogP contribution >= 0.6 is 0 Å². The summed E-state index contributed by atoms with van der Waals surface area (Å²) in [7, 11) is 3.22. The molecule has 0 aliphatic heterocycles. The lowest BCUT2D eigenvalue weighted by Gasteiger charge is -2.10. The Balaban J connectivity index is 1.24. The fourth-order valence-electron chi connectivity index (χ4n) is 4.00. The summed E-state index contributed by atoms with van der Waals surface area (Å²) in [5, 5.41) is 24.0. The molecule has 0 aliphatic carbocycles. The molecule has 0 saturated carbocycles. The van der Waals surface area contributed by atoms with Crippen molar-refractivity contribution < 1.29 is 13.9 Å². The Hall–Kier alpha value is -5.75. The normalized spacial score (nSPS) is 10.4. The monoisotopic (exact) mass is 535 g/mol. The Bertz CT molecular complexity index is 1810. The molecule has 5 rings (SSSR count). The number of amides is 1. The molecular weight excluding hydrogens is 513 g/mol. The highest BCUT2D eigenvalue weighted by atomic mass is 19.1. The minimum absolute atomic E-state index is 0.0775. The third-order valence-electron chi connectivity index (χ3n) is 5.86. The number of halogens is 1. The van der Waals surface area contributed by atoms with Crippen molar-refractivity contribution >= 4 is 17.2 Å². The summed E-state index contributed by atoms with van der Waals surface area (Å²) in [5.41, 5.74) is 4.88. The Morgan fingerprint density at radius 1 is 1.07 bits per heavy atom. The number of carbonyl (C=O) groups excluding carboxylic acids is 1. The van der Waals surface area contributed by atoms with Crippen LogP contribution in [0.1, 0.15) is 11.1 Å². The maximum absolute atomic E-state index is 13.5. The predicted molar refractivity (Wildman–Crippen MR) is 144 cm³/mol. The number of rotatable bonds is 7. The largest absolute Gasteiger partial charge is 0.481 e. The Morgan fingerprint density at radius 2 is 1.95 bits per heavy atom. The van der Waals surface area contributed by atoms with E-state index in [0.717, 1.165) is 28.3 Å². The number of fused-ring (bicyclic) bond motifs is 1. The van der Waals surface area contributed by atoms with Gasteiger partial charge in [0.25, 0.3) is 5.91 Å². The van der Waals surface area contributed by atoms with Gasteiger partial charge in [0.15, 0.2) is 0 Å². The zero-order valence-corrected chi connectivity index (χ0v) is 21.5. The molecule has 11 nitrogen and oxygen atoms in total. The summed E-state index contributed by atoms with van der Waals surface area (Å²) >= 11 is 0. The summed E-state index contributed by atoms with van der Waals surface area (Å²) in [6, 6.07) is 10.5. The molecule has 0 atom stereocenters. The molecule has 0 aromatic carbocycles. The van der Waals surface area contributed by atoms with Gasteiger partial charge < -0.3 is 15.4 Å². The second-order valence-electron chi connectivity index (χ2n) is 8.59. The number of nitriles is 1. The predicted octanol–water partition coefficient (Wildman–Crippen LogP) is 2.79. The van der Waals surface area contributed by atoms with E-state index in [9.17, 15) is 14.4 Å². The van der Waals surface area contributed by atoms with Crippen molar-refractivity contribution in [2.75, 3.05) is 25.5 Å². The third-order valence-corrected chi connectivity index (χ3v) is 5.86. The van der Waals surface area contributed by atoms with E-state index in [0.29, 0.717) is 30.0 Å². The second-order valence-corrected chi connectivity index (χ2v) is 8.59. The quantitative estimate of drug-likeness (QED) is 0.185. The van der Waals surface area contributed by atoms with Gasteiger partial charge in [0.05, 0.1) is 30.6 Å². The molecule has 198 valence electrons. The van der Waals surface area contributed by atoms with E-state index in [1.165, 1.54) is 13.2 Å². The second kappa shape index (κ2) is 11.3. The van der Waals surface area contributed by atoms with E-state index >= 15 is 0 Å². The van der Waals surface area contributed by atoms with Gasteiger partial charge >= 0.3 is 0 Å². The highest BCUT2D eigenvalue weighted by molar-refractivity contribution is 5.94. The van der Waals surface area contributed by atoms with Crippen LogP contribution in [0.25, 0.3) is 27.8 Å². The van der Waals surface area contributed by atoms with E-state index < -0.39 is 11.9 Å². The number of nitrogens with zero attached hydrogens (tertiary/aromatic N) is 7. The Morgan fingerprint density at radius 3 is 2.67 bits per heavy atom. The van der Waals surface area contributed by atoms with Crippen molar-refractivity contribution in [3.8, 4) is 46.0 Å². The van der Waals surface area contributed by atoms with Crippen molar-refractivity contribution in [2.45, 2.75) is 0 Å². The van der Waals surface area contributed by atoms with Gasteiger partial charge in [-0.25, -0.2) is 9.50 Å².